The number of halogens is 2. The van der Waals surface area contributed by atoms with Gasteiger partial charge in [0, 0.05) is 29.5 Å². The summed E-state index contributed by atoms with van der Waals surface area (Å²) in [7, 11) is 0. The topological polar surface area (TPSA) is 85.8 Å². The van der Waals surface area contributed by atoms with Crippen molar-refractivity contribution >= 4 is 23.3 Å². The second-order valence-electron chi connectivity index (χ2n) is 6.92. The SMILES string of the molecule is O=C(CCCc1nc(-c2ccc(F)cc2)no1)Nc1ccnn1Cc1ccc(Cl)cc1. The number of benzene rings is 2. The minimum absolute atomic E-state index is 0.129. The summed E-state index contributed by atoms with van der Waals surface area (Å²) < 4.78 is 20.0. The van der Waals surface area contributed by atoms with Gasteiger partial charge < -0.3 is 9.84 Å². The molecule has 0 radical (unpaired) electrons. The largest absolute Gasteiger partial charge is 0.339 e. The van der Waals surface area contributed by atoms with Gasteiger partial charge in [-0.3, -0.25) is 4.79 Å². The normalized spacial score (nSPS) is 10.9. The first-order valence-electron chi connectivity index (χ1n) is 9.71. The standard InChI is InChI=1S/C22H19ClFN5O2/c23-17-8-4-15(5-9-17)14-29-19(12-13-25-29)26-20(30)2-1-3-21-27-22(28-31-21)16-6-10-18(24)11-7-16/h4-13H,1-3,14H2,(H,26,30). The Bertz CT molecular complexity index is 1160. The Morgan fingerprint density at radius 2 is 1.87 bits per heavy atom. The molecule has 158 valence electrons. The van der Waals surface area contributed by atoms with Gasteiger partial charge in [-0.1, -0.05) is 28.9 Å². The lowest BCUT2D eigenvalue weighted by molar-refractivity contribution is -0.116. The number of aromatic nitrogens is 4. The monoisotopic (exact) mass is 439 g/mol. The quantitative estimate of drug-likeness (QED) is 0.428. The number of anilines is 1. The van der Waals surface area contributed by atoms with E-state index in [2.05, 4.69) is 20.6 Å². The molecule has 0 atom stereocenters. The summed E-state index contributed by atoms with van der Waals surface area (Å²) in [6.45, 7) is 0.522. The number of nitrogens with one attached hydrogen (secondary N) is 1. The van der Waals surface area contributed by atoms with E-state index in [1.807, 2.05) is 24.3 Å². The van der Waals surface area contributed by atoms with E-state index in [4.69, 9.17) is 16.1 Å². The van der Waals surface area contributed by atoms with Crippen molar-refractivity contribution in [2.75, 3.05) is 5.32 Å². The van der Waals surface area contributed by atoms with Crippen LogP contribution in [-0.4, -0.2) is 25.8 Å². The summed E-state index contributed by atoms with van der Waals surface area (Å²) in [6.07, 6.45) is 2.94. The van der Waals surface area contributed by atoms with Gasteiger partial charge in [0.1, 0.15) is 11.6 Å². The maximum atomic E-state index is 13.0. The van der Waals surface area contributed by atoms with Crippen molar-refractivity contribution in [3.8, 4) is 11.4 Å². The fraction of sp³-hybridized carbons (Fsp3) is 0.182. The van der Waals surface area contributed by atoms with Gasteiger partial charge in [0.2, 0.25) is 17.6 Å². The number of rotatable bonds is 8. The lowest BCUT2D eigenvalue weighted by Gasteiger charge is -2.09. The zero-order valence-corrected chi connectivity index (χ0v) is 17.2. The highest BCUT2D eigenvalue weighted by molar-refractivity contribution is 6.30. The molecule has 0 spiro atoms. The summed E-state index contributed by atoms with van der Waals surface area (Å²) in [6, 6.07) is 15.1. The van der Waals surface area contributed by atoms with E-state index in [0.29, 0.717) is 53.9 Å². The molecule has 31 heavy (non-hydrogen) atoms. The van der Waals surface area contributed by atoms with Gasteiger partial charge in [-0.05, 0) is 48.4 Å². The third-order valence-corrected chi connectivity index (χ3v) is 4.85. The van der Waals surface area contributed by atoms with Crippen LogP contribution in [0.4, 0.5) is 10.2 Å². The van der Waals surface area contributed by atoms with E-state index in [1.54, 1.807) is 29.1 Å². The molecule has 4 aromatic rings. The van der Waals surface area contributed by atoms with Crippen LogP contribution in [0.15, 0.2) is 65.3 Å². The number of nitrogens with zero attached hydrogens (tertiary/aromatic N) is 4. The Morgan fingerprint density at radius 1 is 1.10 bits per heavy atom. The Kier molecular flexibility index (Phi) is 6.37. The van der Waals surface area contributed by atoms with Crippen LogP contribution in [0.5, 0.6) is 0 Å². The van der Waals surface area contributed by atoms with Crippen LogP contribution in [0.1, 0.15) is 24.3 Å². The first-order valence-corrected chi connectivity index (χ1v) is 10.1. The minimum Gasteiger partial charge on any atom is -0.339 e. The fourth-order valence-electron chi connectivity index (χ4n) is 3.01. The third kappa shape index (κ3) is 5.55. The smallest absolute Gasteiger partial charge is 0.226 e. The summed E-state index contributed by atoms with van der Waals surface area (Å²) in [5.74, 6) is 0.992. The third-order valence-electron chi connectivity index (χ3n) is 4.59. The molecular weight excluding hydrogens is 421 g/mol. The Balaban J connectivity index is 1.27. The Morgan fingerprint density at radius 3 is 2.65 bits per heavy atom. The molecule has 0 saturated heterocycles. The molecule has 2 heterocycles. The maximum Gasteiger partial charge on any atom is 0.226 e. The van der Waals surface area contributed by atoms with Gasteiger partial charge in [0.25, 0.3) is 0 Å². The summed E-state index contributed by atoms with van der Waals surface area (Å²) in [5.41, 5.74) is 1.69. The number of hydrogen-bond donors (Lipinski definition) is 1. The Hall–Kier alpha value is -3.52. The molecule has 1 N–H and O–H groups in total. The first-order chi connectivity index (χ1) is 15.1. The zero-order chi connectivity index (χ0) is 21.6. The second kappa shape index (κ2) is 9.53. The highest BCUT2D eigenvalue weighted by Crippen LogP contribution is 2.17. The van der Waals surface area contributed by atoms with E-state index in [1.165, 1.54) is 12.1 Å². The van der Waals surface area contributed by atoms with Crippen LogP contribution in [0, 0.1) is 5.82 Å². The summed E-state index contributed by atoms with van der Waals surface area (Å²) in [5, 5.41) is 11.7. The molecule has 2 aromatic heterocycles. The molecule has 4 rings (SSSR count). The van der Waals surface area contributed by atoms with Gasteiger partial charge in [0.15, 0.2) is 0 Å². The van der Waals surface area contributed by atoms with Crippen molar-refractivity contribution in [1.29, 1.82) is 0 Å². The van der Waals surface area contributed by atoms with Gasteiger partial charge in [0.05, 0.1) is 12.7 Å². The van der Waals surface area contributed by atoms with Crippen LogP contribution in [0.3, 0.4) is 0 Å². The molecular formula is C22H19ClFN5O2. The molecule has 1 amide bonds. The molecule has 0 saturated carbocycles. The van der Waals surface area contributed by atoms with Crippen LogP contribution < -0.4 is 5.32 Å². The van der Waals surface area contributed by atoms with Crippen molar-refractivity contribution in [2.24, 2.45) is 0 Å². The summed E-state index contributed by atoms with van der Waals surface area (Å²) >= 11 is 5.92. The number of hydrogen-bond acceptors (Lipinski definition) is 5. The fourth-order valence-corrected chi connectivity index (χ4v) is 3.13. The van der Waals surface area contributed by atoms with Gasteiger partial charge in [-0.15, -0.1) is 0 Å². The van der Waals surface area contributed by atoms with Crippen LogP contribution >= 0.6 is 11.6 Å². The molecule has 0 aliphatic rings. The molecule has 7 nitrogen and oxygen atoms in total. The molecule has 0 unspecified atom stereocenters. The molecule has 9 heteroatoms. The molecule has 0 aliphatic carbocycles. The summed E-state index contributed by atoms with van der Waals surface area (Å²) in [4.78, 5) is 16.6. The predicted molar refractivity (Wildman–Crippen MR) is 114 cm³/mol. The van der Waals surface area contributed by atoms with Crippen molar-refractivity contribution in [3.05, 3.63) is 83.1 Å². The van der Waals surface area contributed by atoms with E-state index in [-0.39, 0.29) is 11.7 Å². The van der Waals surface area contributed by atoms with Crippen LogP contribution in [0.25, 0.3) is 11.4 Å². The molecule has 0 bridgehead atoms. The van der Waals surface area contributed by atoms with E-state index in [9.17, 15) is 9.18 Å². The van der Waals surface area contributed by atoms with E-state index in [0.717, 1.165) is 5.56 Å². The van der Waals surface area contributed by atoms with Crippen molar-refractivity contribution in [1.82, 2.24) is 19.9 Å². The first kappa shape index (κ1) is 20.7. The van der Waals surface area contributed by atoms with Crippen LogP contribution in [-0.2, 0) is 17.8 Å². The van der Waals surface area contributed by atoms with Crippen molar-refractivity contribution in [2.45, 2.75) is 25.8 Å². The lowest BCUT2D eigenvalue weighted by atomic mass is 10.2. The highest BCUT2D eigenvalue weighted by Gasteiger charge is 2.11. The van der Waals surface area contributed by atoms with Gasteiger partial charge in [-0.25, -0.2) is 9.07 Å². The number of carbonyl (C=O) groups is 1. The molecule has 0 fully saturated rings. The maximum absolute atomic E-state index is 13.0. The zero-order valence-electron chi connectivity index (χ0n) is 16.5. The number of aryl methyl sites for hydroxylation is 1. The number of carbonyl (C=O) groups excluding carboxylic acids is 1. The highest BCUT2D eigenvalue weighted by atomic mass is 35.5. The number of amides is 1. The van der Waals surface area contributed by atoms with E-state index < -0.39 is 0 Å². The predicted octanol–water partition coefficient (Wildman–Crippen LogP) is 4.74. The minimum atomic E-state index is -0.326. The van der Waals surface area contributed by atoms with Gasteiger partial charge >= 0.3 is 0 Å². The van der Waals surface area contributed by atoms with Gasteiger partial charge in [-0.2, -0.15) is 10.1 Å². The second-order valence-corrected chi connectivity index (χ2v) is 7.36. The van der Waals surface area contributed by atoms with Crippen molar-refractivity contribution < 1.29 is 13.7 Å². The van der Waals surface area contributed by atoms with Crippen molar-refractivity contribution in [3.63, 3.8) is 0 Å². The average molecular weight is 440 g/mol. The van der Waals surface area contributed by atoms with Crippen LogP contribution in [0.2, 0.25) is 5.02 Å². The lowest BCUT2D eigenvalue weighted by Crippen LogP contribution is -2.16. The van der Waals surface area contributed by atoms with E-state index >= 15 is 0 Å². The molecule has 2 aromatic carbocycles. The Labute approximate surface area is 182 Å². The average Bonchev–Trinajstić information content (AvgIpc) is 3.40. The molecule has 0 aliphatic heterocycles.